The van der Waals surface area contributed by atoms with Gasteiger partial charge in [0.05, 0.1) is 8.49 Å². The van der Waals surface area contributed by atoms with Crippen LogP contribution in [-0.4, -0.2) is 4.92 Å². The Bertz CT molecular complexity index is 343. The summed E-state index contributed by atoms with van der Waals surface area (Å²) in [7, 11) is 0. The van der Waals surface area contributed by atoms with Gasteiger partial charge >= 0.3 is 0 Å². The Morgan fingerprint density at radius 1 is 1.46 bits per heavy atom. The lowest BCUT2D eigenvalue weighted by Crippen LogP contribution is -1.93. The number of hydrogen-bond donors (Lipinski definition) is 0. The molecule has 1 aromatic carbocycles. The van der Waals surface area contributed by atoms with Crippen molar-refractivity contribution in [2.24, 2.45) is 0 Å². The second kappa shape index (κ2) is 3.95. The van der Waals surface area contributed by atoms with Crippen LogP contribution in [0, 0.1) is 13.7 Å². The molecule has 0 saturated heterocycles. The molecule has 0 fully saturated rings. The Hall–Kier alpha value is -0.790. The predicted molar refractivity (Wildman–Crippen MR) is 50.8 cm³/mol. The first kappa shape index (κ1) is 10.3. The number of halogens is 3. The zero-order valence-electron chi connectivity index (χ0n) is 6.21. The summed E-state index contributed by atoms with van der Waals surface area (Å²) >= 11 is 1.66. The molecule has 0 aliphatic carbocycles. The second-order valence-corrected chi connectivity index (χ2v) is 3.43. The fourth-order valence-corrected chi connectivity index (χ4v) is 1.54. The van der Waals surface area contributed by atoms with Gasteiger partial charge < -0.3 is 0 Å². The van der Waals surface area contributed by atoms with E-state index in [2.05, 4.69) is 0 Å². The van der Waals surface area contributed by atoms with Crippen LogP contribution in [0.3, 0.4) is 0 Å². The molecule has 0 atom stereocenters. The third-order valence-electron chi connectivity index (χ3n) is 1.42. The lowest BCUT2D eigenvalue weighted by Gasteiger charge is -2.00. The molecule has 0 radical (unpaired) electrons. The molecule has 3 nitrogen and oxygen atoms in total. The van der Waals surface area contributed by atoms with Crippen LogP contribution in [0.4, 0.5) is 14.5 Å². The Morgan fingerprint density at radius 2 is 2.08 bits per heavy atom. The van der Waals surface area contributed by atoms with Crippen LogP contribution in [0.25, 0.3) is 0 Å². The molecule has 70 valence electrons. The number of benzene rings is 1. The van der Waals surface area contributed by atoms with Gasteiger partial charge in [-0.15, -0.1) is 0 Å². The second-order valence-electron chi connectivity index (χ2n) is 2.27. The predicted octanol–water partition coefficient (Wildman–Crippen LogP) is 3.14. The van der Waals surface area contributed by atoms with Crippen LogP contribution in [0.1, 0.15) is 12.0 Å². The minimum absolute atomic E-state index is 0.148. The largest absolute Gasteiger partial charge is 0.282 e. The first-order valence-electron chi connectivity index (χ1n) is 3.24. The van der Waals surface area contributed by atoms with Gasteiger partial charge in [-0.05, 0) is 34.7 Å². The van der Waals surface area contributed by atoms with Crippen molar-refractivity contribution >= 4 is 28.3 Å². The standard InChI is InChI=1S/C7H4F2INO2/c8-7(9)4-1-2-6(11(12)13)5(10)3-4/h1-3,7H. The average Bonchev–Trinajstić information content (AvgIpc) is 2.03. The van der Waals surface area contributed by atoms with Crippen molar-refractivity contribution in [2.45, 2.75) is 6.43 Å². The van der Waals surface area contributed by atoms with E-state index >= 15 is 0 Å². The van der Waals surface area contributed by atoms with Gasteiger partial charge in [0.2, 0.25) is 0 Å². The molecule has 0 bridgehead atoms. The SMILES string of the molecule is O=[N+]([O-])c1ccc(C(F)F)cc1I. The zero-order chi connectivity index (χ0) is 10.0. The normalized spacial score (nSPS) is 10.5. The molecule has 0 aliphatic heterocycles. The molecule has 0 unspecified atom stereocenters. The number of nitrogens with zero attached hydrogens (tertiary/aromatic N) is 1. The Balaban J connectivity index is 3.13. The first-order valence-corrected chi connectivity index (χ1v) is 4.32. The summed E-state index contributed by atoms with van der Waals surface area (Å²) in [6.07, 6.45) is -2.59. The molecule has 0 amide bonds. The lowest BCUT2D eigenvalue weighted by atomic mass is 10.2. The molecule has 6 heteroatoms. The van der Waals surface area contributed by atoms with Gasteiger partial charge in [-0.2, -0.15) is 0 Å². The van der Waals surface area contributed by atoms with Crippen molar-refractivity contribution in [2.75, 3.05) is 0 Å². The smallest absolute Gasteiger partial charge is 0.258 e. The van der Waals surface area contributed by atoms with Gasteiger partial charge in [0.25, 0.3) is 12.1 Å². The van der Waals surface area contributed by atoms with Crippen molar-refractivity contribution in [1.29, 1.82) is 0 Å². The first-order chi connectivity index (χ1) is 6.02. The molecule has 0 heterocycles. The lowest BCUT2D eigenvalue weighted by molar-refractivity contribution is -0.385. The number of alkyl halides is 2. The molecule has 0 spiro atoms. The quantitative estimate of drug-likeness (QED) is 0.478. The van der Waals surface area contributed by atoms with E-state index < -0.39 is 11.3 Å². The molecular weight excluding hydrogens is 295 g/mol. The highest BCUT2D eigenvalue weighted by Crippen LogP contribution is 2.26. The highest BCUT2D eigenvalue weighted by atomic mass is 127. The van der Waals surface area contributed by atoms with E-state index in [1.54, 1.807) is 22.6 Å². The maximum atomic E-state index is 12.1. The summed E-state index contributed by atoms with van der Waals surface area (Å²) in [5.74, 6) is 0. The molecule has 0 aromatic heterocycles. The van der Waals surface area contributed by atoms with Crippen molar-refractivity contribution in [3.05, 3.63) is 37.4 Å². The van der Waals surface area contributed by atoms with Gasteiger partial charge in [0.15, 0.2) is 0 Å². The van der Waals surface area contributed by atoms with Crippen molar-refractivity contribution < 1.29 is 13.7 Å². The van der Waals surface area contributed by atoms with Gasteiger partial charge in [0, 0.05) is 11.6 Å². The molecule has 1 aromatic rings. The fourth-order valence-electron chi connectivity index (χ4n) is 0.807. The van der Waals surface area contributed by atoms with Crippen LogP contribution in [0.15, 0.2) is 18.2 Å². The number of nitro benzene ring substituents is 1. The van der Waals surface area contributed by atoms with Crippen LogP contribution in [0.2, 0.25) is 0 Å². The highest BCUT2D eigenvalue weighted by molar-refractivity contribution is 14.1. The van der Waals surface area contributed by atoms with Crippen molar-refractivity contribution in [3.8, 4) is 0 Å². The van der Waals surface area contributed by atoms with Gasteiger partial charge in [0.1, 0.15) is 0 Å². The van der Waals surface area contributed by atoms with Gasteiger partial charge in [-0.3, -0.25) is 10.1 Å². The number of hydrogen-bond acceptors (Lipinski definition) is 2. The molecule has 1 rings (SSSR count). The number of rotatable bonds is 2. The van der Waals surface area contributed by atoms with E-state index in [4.69, 9.17) is 0 Å². The molecule has 0 aliphatic rings. The van der Waals surface area contributed by atoms with Crippen molar-refractivity contribution in [1.82, 2.24) is 0 Å². The molecule has 0 saturated carbocycles. The molecule has 0 N–H and O–H groups in total. The Kier molecular flexibility index (Phi) is 3.12. The van der Waals surface area contributed by atoms with Gasteiger partial charge in [-0.1, -0.05) is 0 Å². The van der Waals surface area contributed by atoms with Crippen LogP contribution in [0.5, 0.6) is 0 Å². The van der Waals surface area contributed by atoms with Crippen LogP contribution < -0.4 is 0 Å². The van der Waals surface area contributed by atoms with E-state index in [0.29, 0.717) is 0 Å². The fraction of sp³-hybridized carbons (Fsp3) is 0.143. The summed E-state index contributed by atoms with van der Waals surface area (Å²) in [4.78, 5) is 9.72. The third-order valence-corrected chi connectivity index (χ3v) is 2.28. The van der Waals surface area contributed by atoms with E-state index in [9.17, 15) is 18.9 Å². The van der Waals surface area contributed by atoms with Crippen molar-refractivity contribution in [3.63, 3.8) is 0 Å². The zero-order valence-corrected chi connectivity index (χ0v) is 8.36. The Morgan fingerprint density at radius 3 is 2.46 bits per heavy atom. The molecular formula is C7H4F2INO2. The van der Waals surface area contributed by atoms with E-state index in [1.807, 2.05) is 0 Å². The highest BCUT2D eigenvalue weighted by Gasteiger charge is 2.15. The summed E-state index contributed by atoms with van der Waals surface area (Å²) in [6.45, 7) is 0. The number of nitro groups is 1. The van der Waals surface area contributed by atoms with Crippen LogP contribution >= 0.6 is 22.6 Å². The summed E-state index contributed by atoms with van der Waals surface area (Å²) in [5.41, 5.74) is -0.347. The van der Waals surface area contributed by atoms with Crippen LogP contribution in [-0.2, 0) is 0 Å². The topological polar surface area (TPSA) is 43.1 Å². The minimum atomic E-state index is -2.59. The maximum absolute atomic E-state index is 12.1. The Labute approximate surface area is 86.0 Å². The monoisotopic (exact) mass is 299 g/mol. The summed E-state index contributed by atoms with van der Waals surface area (Å²) in [5, 5.41) is 10.3. The summed E-state index contributed by atoms with van der Waals surface area (Å²) in [6, 6.07) is 3.26. The molecule has 13 heavy (non-hydrogen) atoms. The third kappa shape index (κ3) is 2.33. The minimum Gasteiger partial charge on any atom is -0.258 e. The average molecular weight is 299 g/mol. The van der Waals surface area contributed by atoms with E-state index in [1.165, 1.54) is 0 Å². The van der Waals surface area contributed by atoms with Gasteiger partial charge in [-0.25, -0.2) is 8.78 Å². The summed E-state index contributed by atoms with van der Waals surface area (Å²) < 4.78 is 24.4. The van der Waals surface area contributed by atoms with E-state index in [0.717, 1.165) is 18.2 Å². The maximum Gasteiger partial charge on any atom is 0.282 e. The van der Waals surface area contributed by atoms with E-state index in [-0.39, 0.29) is 14.8 Å².